The van der Waals surface area contributed by atoms with Gasteiger partial charge in [0.25, 0.3) is 0 Å². The molecule has 0 aromatic heterocycles. The third-order valence-electron chi connectivity index (χ3n) is 3.99. The Balaban J connectivity index is 2.63. The molecule has 0 fully saturated rings. The van der Waals surface area contributed by atoms with E-state index in [2.05, 4.69) is 61.3 Å². The lowest BCUT2D eigenvalue weighted by Gasteiger charge is -2.33. The Morgan fingerprint density at radius 1 is 1.10 bits per heavy atom. The van der Waals surface area contributed by atoms with Crippen molar-refractivity contribution < 1.29 is 5.11 Å². The number of nitrogens with one attached hydrogen (secondary N) is 1. The highest BCUT2D eigenvalue weighted by atomic mass is 16.3. The minimum atomic E-state index is -0.185. The van der Waals surface area contributed by atoms with Gasteiger partial charge in [-0.3, -0.25) is 0 Å². The van der Waals surface area contributed by atoms with Crippen molar-refractivity contribution in [2.75, 3.05) is 31.1 Å². The Morgan fingerprint density at radius 3 is 2.38 bits per heavy atom. The van der Waals surface area contributed by atoms with Crippen LogP contribution >= 0.6 is 0 Å². The number of benzene rings is 1. The van der Waals surface area contributed by atoms with Gasteiger partial charge in [0.2, 0.25) is 0 Å². The van der Waals surface area contributed by atoms with Gasteiger partial charge in [-0.25, -0.2) is 0 Å². The third-order valence-corrected chi connectivity index (χ3v) is 3.99. The van der Waals surface area contributed by atoms with Gasteiger partial charge < -0.3 is 15.3 Å². The van der Waals surface area contributed by atoms with Crippen LogP contribution in [0.15, 0.2) is 30.3 Å². The summed E-state index contributed by atoms with van der Waals surface area (Å²) in [5.74, 6) is 0. The monoisotopic (exact) mass is 292 g/mol. The summed E-state index contributed by atoms with van der Waals surface area (Å²) in [6.45, 7) is 9.69. The highest BCUT2D eigenvalue weighted by Gasteiger charge is 2.23. The molecule has 1 atom stereocenters. The number of unbranched alkanes of at least 4 members (excludes halogenated alkanes) is 1. The molecule has 0 radical (unpaired) electrons. The van der Waals surface area contributed by atoms with E-state index in [1.54, 1.807) is 0 Å². The van der Waals surface area contributed by atoms with Crippen LogP contribution in [0, 0.1) is 0 Å². The molecule has 0 heterocycles. The molecule has 0 saturated carbocycles. The zero-order valence-electron chi connectivity index (χ0n) is 13.9. The Morgan fingerprint density at radius 2 is 1.81 bits per heavy atom. The fourth-order valence-electron chi connectivity index (χ4n) is 2.39. The van der Waals surface area contributed by atoms with Crippen LogP contribution in [0.5, 0.6) is 0 Å². The predicted molar refractivity (Wildman–Crippen MR) is 92.0 cm³/mol. The van der Waals surface area contributed by atoms with Gasteiger partial charge in [0.05, 0.1) is 6.61 Å². The number of rotatable bonds is 11. The second kappa shape index (κ2) is 9.80. The van der Waals surface area contributed by atoms with Gasteiger partial charge in [-0.2, -0.15) is 0 Å². The Bertz CT molecular complexity index is 369. The molecule has 1 unspecified atom stereocenters. The van der Waals surface area contributed by atoms with Crippen molar-refractivity contribution in [1.82, 2.24) is 5.32 Å². The molecule has 120 valence electrons. The SMILES string of the molecule is CCCCN(CCC(C)(CO)NCCC)c1ccccc1. The van der Waals surface area contributed by atoms with E-state index in [0.29, 0.717) is 0 Å². The molecule has 1 rings (SSSR count). The smallest absolute Gasteiger partial charge is 0.0611 e. The highest BCUT2D eigenvalue weighted by molar-refractivity contribution is 5.45. The van der Waals surface area contributed by atoms with Gasteiger partial charge >= 0.3 is 0 Å². The van der Waals surface area contributed by atoms with Gasteiger partial charge in [0.15, 0.2) is 0 Å². The van der Waals surface area contributed by atoms with Gasteiger partial charge in [-0.05, 0) is 44.9 Å². The number of aliphatic hydroxyl groups is 1. The Kier molecular flexibility index (Phi) is 8.40. The van der Waals surface area contributed by atoms with Crippen LogP contribution in [0.4, 0.5) is 5.69 Å². The lowest BCUT2D eigenvalue weighted by Crippen LogP contribution is -2.48. The van der Waals surface area contributed by atoms with Gasteiger partial charge in [0.1, 0.15) is 0 Å². The summed E-state index contributed by atoms with van der Waals surface area (Å²) in [4.78, 5) is 2.44. The summed E-state index contributed by atoms with van der Waals surface area (Å²) >= 11 is 0. The second-order valence-corrected chi connectivity index (χ2v) is 6.07. The molecular weight excluding hydrogens is 260 g/mol. The summed E-state index contributed by atoms with van der Waals surface area (Å²) in [5.41, 5.74) is 1.09. The first-order valence-corrected chi connectivity index (χ1v) is 8.31. The normalized spacial score (nSPS) is 13.9. The molecule has 0 bridgehead atoms. The first-order valence-electron chi connectivity index (χ1n) is 8.31. The van der Waals surface area contributed by atoms with Crippen LogP contribution < -0.4 is 10.2 Å². The van der Waals surface area contributed by atoms with E-state index < -0.39 is 0 Å². The van der Waals surface area contributed by atoms with Crippen molar-refractivity contribution in [3.8, 4) is 0 Å². The third kappa shape index (κ3) is 6.49. The van der Waals surface area contributed by atoms with E-state index in [0.717, 1.165) is 32.5 Å². The zero-order chi connectivity index (χ0) is 15.6. The minimum Gasteiger partial charge on any atom is -0.394 e. The maximum atomic E-state index is 9.69. The molecule has 0 saturated heterocycles. The molecule has 0 amide bonds. The summed E-state index contributed by atoms with van der Waals surface area (Å²) in [7, 11) is 0. The van der Waals surface area contributed by atoms with Crippen molar-refractivity contribution in [3.05, 3.63) is 30.3 Å². The van der Waals surface area contributed by atoms with Crippen LogP contribution in [0.1, 0.15) is 46.5 Å². The molecule has 1 aromatic rings. The number of hydrogen-bond acceptors (Lipinski definition) is 3. The number of hydrogen-bond donors (Lipinski definition) is 2. The summed E-state index contributed by atoms with van der Waals surface area (Å²) < 4.78 is 0. The van der Waals surface area contributed by atoms with E-state index in [9.17, 15) is 5.11 Å². The summed E-state index contributed by atoms with van der Waals surface area (Å²) in [6.07, 6.45) is 4.44. The van der Waals surface area contributed by atoms with Crippen LogP contribution in [0.3, 0.4) is 0 Å². The van der Waals surface area contributed by atoms with Crippen LogP contribution in [0.2, 0.25) is 0 Å². The van der Waals surface area contributed by atoms with Crippen molar-refractivity contribution in [1.29, 1.82) is 0 Å². The lowest BCUT2D eigenvalue weighted by atomic mass is 9.98. The molecule has 3 heteroatoms. The van der Waals surface area contributed by atoms with Crippen molar-refractivity contribution >= 4 is 5.69 Å². The van der Waals surface area contributed by atoms with E-state index >= 15 is 0 Å². The highest BCUT2D eigenvalue weighted by Crippen LogP contribution is 2.18. The number of para-hydroxylation sites is 1. The molecule has 0 aliphatic carbocycles. The number of aliphatic hydroxyl groups excluding tert-OH is 1. The standard InChI is InChI=1S/C18H32N2O/c1-4-6-14-20(17-10-8-7-9-11-17)15-12-18(3,16-21)19-13-5-2/h7-11,19,21H,4-6,12-16H2,1-3H3. The molecule has 0 aliphatic heterocycles. The van der Waals surface area contributed by atoms with E-state index in [1.807, 2.05) is 0 Å². The topological polar surface area (TPSA) is 35.5 Å². The van der Waals surface area contributed by atoms with Gasteiger partial charge in [0, 0.05) is 24.3 Å². The van der Waals surface area contributed by atoms with Crippen LogP contribution in [-0.2, 0) is 0 Å². The predicted octanol–water partition coefficient (Wildman–Crippen LogP) is 3.43. The zero-order valence-corrected chi connectivity index (χ0v) is 13.9. The van der Waals surface area contributed by atoms with Crippen molar-refractivity contribution in [2.24, 2.45) is 0 Å². The molecule has 21 heavy (non-hydrogen) atoms. The van der Waals surface area contributed by atoms with E-state index in [1.165, 1.54) is 18.5 Å². The average molecular weight is 292 g/mol. The quantitative estimate of drug-likeness (QED) is 0.656. The molecular formula is C18H32N2O. The average Bonchev–Trinajstić information content (AvgIpc) is 2.54. The Labute approximate surface area is 130 Å². The lowest BCUT2D eigenvalue weighted by molar-refractivity contribution is 0.167. The van der Waals surface area contributed by atoms with Gasteiger partial charge in [-0.15, -0.1) is 0 Å². The second-order valence-electron chi connectivity index (χ2n) is 6.07. The van der Waals surface area contributed by atoms with E-state index in [4.69, 9.17) is 0 Å². The fraction of sp³-hybridized carbons (Fsp3) is 0.667. The largest absolute Gasteiger partial charge is 0.394 e. The Hall–Kier alpha value is -1.06. The molecule has 0 spiro atoms. The van der Waals surface area contributed by atoms with Crippen LogP contribution in [0.25, 0.3) is 0 Å². The number of anilines is 1. The minimum absolute atomic E-state index is 0.184. The van der Waals surface area contributed by atoms with Crippen LogP contribution in [-0.4, -0.2) is 36.9 Å². The molecule has 0 aliphatic rings. The molecule has 3 nitrogen and oxygen atoms in total. The summed E-state index contributed by atoms with van der Waals surface area (Å²) in [6, 6.07) is 10.6. The first-order chi connectivity index (χ1) is 10.1. The maximum absolute atomic E-state index is 9.69. The first kappa shape index (κ1) is 18.0. The number of nitrogens with zero attached hydrogens (tertiary/aromatic N) is 1. The maximum Gasteiger partial charge on any atom is 0.0611 e. The fourth-order valence-corrected chi connectivity index (χ4v) is 2.39. The van der Waals surface area contributed by atoms with E-state index in [-0.39, 0.29) is 12.1 Å². The summed E-state index contributed by atoms with van der Waals surface area (Å²) in [5, 5.41) is 13.2. The van der Waals surface area contributed by atoms with Crippen molar-refractivity contribution in [3.63, 3.8) is 0 Å². The van der Waals surface area contributed by atoms with Gasteiger partial charge in [-0.1, -0.05) is 38.5 Å². The van der Waals surface area contributed by atoms with Crippen molar-refractivity contribution in [2.45, 2.75) is 52.0 Å². The molecule has 2 N–H and O–H groups in total. The molecule has 1 aromatic carbocycles.